The lowest BCUT2D eigenvalue weighted by Gasteiger charge is -2.38. The molecule has 1 atom stereocenters. The highest BCUT2D eigenvalue weighted by atomic mass is 32.2. The first-order valence-corrected chi connectivity index (χ1v) is 11.1. The molecule has 0 fully saturated rings. The number of anilines is 1. The predicted molar refractivity (Wildman–Crippen MR) is 112 cm³/mol. The van der Waals surface area contributed by atoms with Gasteiger partial charge in [0.2, 0.25) is 10.0 Å². The predicted octanol–water partition coefficient (Wildman–Crippen LogP) is 3.41. The van der Waals surface area contributed by atoms with Crippen LogP contribution in [0.4, 0.5) is 5.69 Å². The molecule has 0 bridgehead atoms. The van der Waals surface area contributed by atoms with Crippen LogP contribution in [-0.4, -0.2) is 33.3 Å². The first-order valence-electron chi connectivity index (χ1n) is 9.24. The molecular weight excluding hydrogens is 392 g/mol. The number of methoxy groups -OCH3 is 1. The van der Waals surface area contributed by atoms with Crippen LogP contribution in [0.5, 0.6) is 11.5 Å². The number of benzene rings is 2. The fourth-order valence-electron chi connectivity index (χ4n) is 3.45. The molecule has 29 heavy (non-hydrogen) atoms. The molecule has 8 heteroatoms. The topological polar surface area (TPSA) is 93.7 Å². The van der Waals surface area contributed by atoms with Gasteiger partial charge in [0.25, 0.3) is 5.91 Å². The van der Waals surface area contributed by atoms with Gasteiger partial charge in [-0.25, -0.2) is 8.42 Å². The minimum Gasteiger partial charge on any atom is -0.497 e. The Balaban J connectivity index is 1.84. The molecule has 2 aromatic carbocycles. The zero-order chi connectivity index (χ0) is 21.4. The van der Waals surface area contributed by atoms with E-state index in [-0.39, 0.29) is 11.9 Å². The van der Waals surface area contributed by atoms with Gasteiger partial charge >= 0.3 is 0 Å². The molecule has 7 nitrogen and oxygen atoms in total. The number of hydrogen-bond acceptors (Lipinski definition) is 5. The summed E-state index contributed by atoms with van der Waals surface area (Å²) in [5.41, 5.74) is 2.02. The number of amides is 1. The van der Waals surface area contributed by atoms with Gasteiger partial charge < -0.3 is 14.8 Å². The van der Waals surface area contributed by atoms with Crippen molar-refractivity contribution in [1.29, 1.82) is 0 Å². The fourth-order valence-corrected chi connectivity index (χ4v) is 4.08. The molecule has 0 unspecified atom stereocenters. The van der Waals surface area contributed by atoms with E-state index in [0.717, 1.165) is 11.8 Å². The maximum atomic E-state index is 12.9. The van der Waals surface area contributed by atoms with Crippen LogP contribution in [0.2, 0.25) is 0 Å². The van der Waals surface area contributed by atoms with Crippen molar-refractivity contribution in [3.8, 4) is 11.5 Å². The van der Waals surface area contributed by atoms with Crippen molar-refractivity contribution in [2.24, 2.45) is 0 Å². The Labute approximate surface area is 171 Å². The van der Waals surface area contributed by atoms with Crippen LogP contribution in [-0.2, 0) is 10.0 Å². The van der Waals surface area contributed by atoms with Crippen LogP contribution < -0.4 is 19.5 Å². The molecule has 0 spiro atoms. The van der Waals surface area contributed by atoms with Crippen molar-refractivity contribution in [3.05, 3.63) is 53.1 Å². The van der Waals surface area contributed by atoms with Gasteiger partial charge in [0.1, 0.15) is 17.1 Å². The number of hydrogen-bond donors (Lipinski definition) is 2. The molecule has 0 radical (unpaired) electrons. The highest BCUT2D eigenvalue weighted by Gasteiger charge is 2.35. The highest BCUT2D eigenvalue weighted by molar-refractivity contribution is 7.92. The van der Waals surface area contributed by atoms with Crippen molar-refractivity contribution in [2.75, 3.05) is 18.1 Å². The first-order chi connectivity index (χ1) is 13.5. The van der Waals surface area contributed by atoms with Crippen LogP contribution in [0, 0.1) is 6.92 Å². The van der Waals surface area contributed by atoms with Gasteiger partial charge in [0.15, 0.2) is 0 Å². The summed E-state index contributed by atoms with van der Waals surface area (Å²) in [4.78, 5) is 12.9. The summed E-state index contributed by atoms with van der Waals surface area (Å²) >= 11 is 0. The average Bonchev–Trinajstić information content (AvgIpc) is 2.60. The minimum atomic E-state index is -3.38. The Hall–Kier alpha value is -2.74. The molecule has 1 aliphatic rings. The lowest BCUT2D eigenvalue weighted by molar-refractivity contribution is 0.0617. The summed E-state index contributed by atoms with van der Waals surface area (Å²) in [6, 6.07) is 10.2. The van der Waals surface area contributed by atoms with Gasteiger partial charge in [-0.1, -0.05) is 0 Å². The summed E-state index contributed by atoms with van der Waals surface area (Å²) in [6.07, 6.45) is 1.71. The van der Waals surface area contributed by atoms with E-state index in [1.165, 1.54) is 0 Å². The summed E-state index contributed by atoms with van der Waals surface area (Å²) in [7, 11) is -1.79. The third-order valence-electron chi connectivity index (χ3n) is 4.77. The normalized spacial score (nSPS) is 17.6. The lowest BCUT2D eigenvalue weighted by atomic mass is 9.89. The van der Waals surface area contributed by atoms with Crippen LogP contribution in [0.1, 0.15) is 47.8 Å². The number of rotatable bonds is 5. The third-order valence-corrected chi connectivity index (χ3v) is 5.36. The largest absolute Gasteiger partial charge is 0.497 e. The monoisotopic (exact) mass is 418 g/mol. The SMILES string of the molecule is COc1ccc2c(c1)OC(C)(C)C[C@@H]2NC(=O)c1ccc(NS(C)(=O)=O)c(C)c1. The molecular formula is C21H26N2O5S. The summed E-state index contributed by atoms with van der Waals surface area (Å²) in [6.45, 7) is 5.71. The number of aryl methyl sites for hydroxylation is 1. The second-order valence-electron chi connectivity index (χ2n) is 7.90. The average molecular weight is 419 g/mol. The van der Waals surface area contributed by atoms with Crippen LogP contribution in [0.3, 0.4) is 0 Å². The zero-order valence-electron chi connectivity index (χ0n) is 17.2. The minimum absolute atomic E-state index is 0.221. The Kier molecular flexibility index (Phi) is 5.49. The van der Waals surface area contributed by atoms with E-state index in [9.17, 15) is 13.2 Å². The number of carbonyl (C=O) groups is 1. The molecule has 0 saturated heterocycles. The van der Waals surface area contributed by atoms with Gasteiger partial charge in [0.05, 0.1) is 25.1 Å². The molecule has 1 amide bonds. The van der Waals surface area contributed by atoms with E-state index in [2.05, 4.69) is 10.0 Å². The van der Waals surface area contributed by atoms with Gasteiger partial charge in [0, 0.05) is 23.6 Å². The molecule has 0 aliphatic carbocycles. The molecule has 1 heterocycles. The maximum Gasteiger partial charge on any atom is 0.251 e. The Morgan fingerprint density at radius 2 is 1.93 bits per heavy atom. The van der Waals surface area contributed by atoms with E-state index in [0.29, 0.717) is 34.7 Å². The van der Waals surface area contributed by atoms with Gasteiger partial charge in [-0.2, -0.15) is 0 Å². The smallest absolute Gasteiger partial charge is 0.251 e. The summed E-state index contributed by atoms with van der Waals surface area (Å²) < 4.78 is 36.7. The molecule has 0 aromatic heterocycles. The van der Waals surface area contributed by atoms with E-state index in [4.69, 9.17) is 9.47 Å². The summed E-state index contributed by atoms with van der Waals surface area (Å²) in [5, 5.41) is 3.08. The molecule has 156 valence electrons. The van der Waals surface area contributed by atoms with E-state index < -0.39 is 15.6 Å². The second-order valence-corrected chi connectivity index (χ2v) is 9.65. The van der Waals surface area contributed by atoms with Crippen molar-refractivity contribution < 1.29 is 22.7 Å². The molecule has 2 aromatic rings. The first kappa shape index (κ1) is 21.0. The number of sulfonamides is 1. The maximum absolute atomic E-state index is 12.9. The lowest BCUT2D eigenvalue weighted by Crippen LogP contribution is -2.41. The van der Waals surface area contributed by atoms with Crippen LogP contribution in [0.15, 0.2) is 36.4 Å². The van der Waals surface area contributed by atoms with E-state index in [1.807, 2.05) is 32.0 Å². The zero-order valence-corrected chi connectivity index (χ0v) is 18.0. The van der Waals surface area contributed by atoms with Crippen molar-refractivity contribution in [2.45, 2.75) is 38.8 Å². The molecule has 1 aliphatic heterocycles. The summed E-state index contributed by atoms with van der Waals surface area (Å²) in [5.74, 6) is 1.15. The number of carbonyl (C=O) groups excluding carboxylic acids is 1. The Morgan fingerprint density at radius 1 is 1.21 bits per heavy atom. The standard InChI is InChI=1S/C21H26N2O5S/c1-13-10-14(6-9-17(13)23-29(5,25)26)20(24)22-18-12-21(2,3)28-19-11-15(27-4)7-8-16(18)19/h6-11,18,23H,12H2,1-5H3,(H,22,24)/t18-/m0/s1. The molecule has 3 rings (SSSR count). The van der Waals surface area contributed by atoms with Crippen LogP contribution >= 0.6 is 0 Å². The van der Waals surface area contributed by atoms with Crippen molar-refractivity contribution >= 4 is 21.6 Å². The number of fused-ring (bicyclic) bond motifs is 1. The van der Waals surface area contributed by atoms with E-state index >= 15 is 0 Å². The van der Waals surface area contributed by atoms with E-state index in [1.54, 1.807) is 32.2 Å². The fraction of sp³-hybridized carbons (Fsp3) is 0.381. The van der Waals surface area contributed by atoms with Gasteiger partial charge in [-0.15, -0.1) is 0 Å². The van der Waals surface area contributed by atoms with Gasteiger partial charge in [-0.3, -0.25) is 9.52 Å². The van der Waals surface area contributed by atoms with Crippen molar-refractivity contribution in [3.63, 3.8) is 0 Å². The second kappa shape index (κ2) is 7.59. The number of ether oxygens (including phenoxy) is 2. The number of nitrogens with one attached hydrogen (secondary N) is 2. The quantitative estimate of drug-likeness (QED) is 0.776. The Morgan fingerprint density at radius 3 is 2.55 bits per heavy atom. The van der Waals surface area contributed by atoms with Gasteiger partial charge in [-0.05, 0) is 56.7 Å². The molecule has 2 N–H and O–H groups in total. The highest BCUT2D eigenvalue weighted by Crippen LogP contribution is 2.41. The van der Waals surface area contributed by atoms with Crippen LogP contribution in [0.25, 0.3) is 0 Å². The third kappa shape index (κ3) is 5.00. The van der Waals surface area contributed by atoms with Crippen molar-refractivity contribution in [1.82, 2.24) is 5.32 Å². The Bertz CT molecular complexity index is 1050. The molecule has 0 saturated carbocycles.